The van der Waals surface area contributed by atoms with Crippen molar-refractivity contribution in [2.45, 2.75) is 29.8 Å². The molecule has 1 unspecified atom stereocenters. The average molecular weight is 644 g/mol. The first kappa shape index (κ1) is 31.5. The summed E-state index contributed by atoms with van der Waals surface area (Å²) in [6.07, 6.45) is -18.1. The Labute approximate surface area is 230 Å². The smallest absolute Gasteiger partial charge is 0.442 e. The van der Waals surface area contributed by atoms with Gasteiger partial charge in [0.05, 0.1) is 27.9 Å². The van der Waals surface area contributed by atoms with Crippen molar-refractivity contribution in [3.05, 3.63) is 57.6 Å². The molecule has 40 heavy (non-hydrogen) atoms. The van der Waals surface area contributed by atoms with Gasteiger partial charge in [-0.3, -0.25) is 4.79 Å². The van der Waals surface area contributed by atoms with Crippen molar-refractivity contribution in [2.24, 2.45) is 0 Å². The van der Waals surface area contributed by atoms with Gasteiger partial charge in [-0.15, -0.1) is 0 Å². The summed E-state index contributed by atoms with van der Waals surface area (Å²) in [4.78, 5) is 28.8. The second kappa shape index (κ2) is 10.4. The quantitative estimate of drug-likeness (QED) is 0.168. The summed E-state index contributed by atoms with van der Waals surface area (Å²) in [5.74, 6) is -3.68. The van der Waals surface area contributed by atoms with Crippen molar-refractivity contribution in [3.63, 3.8) is 0 Å². The van der Waals surface area contributed by atoms with E-state index in [9.17, 15) is 54.2 Å². The van der Waals surface area contributed by atoms with Crippen LogP contribution < -0.4 is 10.6 Å². The van der Waals surface area contributed by atoms with Gasteiger partial charge in [-0.05, 0) is 30.3 Å². The number of methoxy groups -OCH3 is 1. The number of thiazole rings is 1. The number of hydrogen-bond acceptors (Lipinski definition) is 7. The number of amides is 1. The van der Waals surface area contributed by atoms with Crippen molar-refractivity contribution in [3.8, 4) is 0 Å². The number of alkyl halides is 9. The highest BCUT2D eigenvalue weighted by atomic mass is 35.5. The van der Waals surface area contributed by atoms with Gasteiger partial charge in [0.2, 0.25) is 0 Å². The lowest BCUT2D eigenvalue weighted by Crippen LogP contribution is -2.69. The van der Waals surface area contributed by atoms with Crippen molar-refractivity contribution < 1.29 is 58.9 Å². The van der Waals surface area contributed by atoms with Crippen LogP contribution in [0, 0.1) is 0 Å². The minimum atomic E-state index is -6.23. The normalized spacial score (nSPS) is 14.5. The third-order valence-corrected chi connectivity index (χ3v) is 6.80. The molecular formula is C21H12Cl2F9N3O4S. The molecule has 0 fully saturated rings. The molecule has 0 aliphatic rings. The average Bonchev–Trinajstić information content (AvgIpc) is 3.21. The van der Waals surface area contributed by atoms with Gasteiger partial charge in [0.1, 0.15) is 0 Å². The van der Waals surface area contributed by atoms with Gasteiger partial charge in [-0.1, -0.05) is 40.6 Å². The number of carbonyl (C=O) groups is 2. The van der Waals surface area contributed by atoms with E-state index in [-0.39, 0.29) is 28.5 Å². The Hall–Kier alpha value is -3.02. The molecule has 0 aliphatic heterocycles. The molecule has 218 valence electrons. The number of hydrogen-bond donors (Lipinski definition) is 3. The second-order valence-corrected chi connectivity index (χ2v) is 9.72. The van der Waals surface area contributed by atoms with E-state index in [1.165, 1.54) is 5.32 Å². The van der Waals surface area contributed by atoms with Crippen LogP contribution in [-0.2, 0) is 15.1 Å². The van der Waals surface area contributed by atoms with Crippen LogP contribution in [0.3, 0.4) is 0 Å². The lowest BCUT2D eigenvalue weighted by molar-refractivity contribution is -0.376. The van der Waals surface area contributed by atoms with Crippen molar-refractivity contribution in [1.29, 1.82) is 0 Å². The maximum Gasteiger partial charge on any atom is 0.442 e. The molecule has 2 aromatic carbocycles. The highest BCUT2D eigenvalue weighted by molar-refractivity contribution is 7.22. The number of benzene rings is 2. The lowest BCUT2D eigenvalue weighted by Gasteiger charge is -2.34. The predicted octanol–water partition coefficient (Wildman–Crippen LogP) is 6.19. The van der Waals surface area contributed by atoms with Crippen LogP contribution >= 0.6 is 34.5 Å². The van der Waals surface area contributed by atoms with Crippen LogP contribution in [0.1, 0.15) is 15.9 Å². The highest BCUT2D eigenvalue weighted by Crippen LogP contribution is 2.50. The maximum atomic E-state index is 14.3. The SMILES string of the molecule is COC(=O)C(NC(=O)c1ccc(Cl)cc1Cl)(Nc1nc2ccc(C(O)(C(F)(F)F)C(F)(F)F)cc2s1)C(F)(F)F. The zero-order valence-electron chi connectivity index (χ0n) is 19.1. The second-order valence-electron chi connectivity index (χ2n) is 7.85. The van der Waals surface area contributed by atoms with Crippen molar-refractivity contribution in [1.82, 2.24) is 10.3 Å². The Kier molecular flexibility index (Phi) is 8.21. The van der Waals surface area contributed by atoms with Crippen LogP contribution in [0.4, 0.5) is 44.6 Å². The molecule has 19 heteroatoms. The molecule has 0 saturated carbocycles. The highest BCUT2D eigenvalue weighted by Gasteiger charge is 2.71. The van der Waals surface area contributed by atoms with Gasteiger partial charge < -0.3 is 20.5 Å². The number of rotatable bonds is 6. The summed E-state index contributed by atoms with van der Waals surface area (Å²) in [5, 5.41) is 11.4. The van der Waals surface area contributed by atoms with E-state index in [1.54, 1.807) is 5.32 Å². The number of halogens is 11. The molecule has 0 spiro atoms. The van der Waals surface area contributed by atoms with E-state index in [0.717, 1.165) is 18.2 Å². The molecule has 0 bridgehead atoms. The number of carbonyl (C=O) groups excluding carboxylic acids is 2. The van der Waals surface area contributed by atoms with Crippen LogP contribution in [0.5, 0.6) is 0 Å². The largest absolute Gasteiger partial charge is 0.466 e. The zero-order chi connectivity index (χ0) is 30.5. The van der Waals surface area contributed by atoms with Crippen LogP contribution in [0.2, 0.25) is 10.0 Å². The Morgan fingerprint density at radius 3 is 2.02 bits per heavy atom. The van der Waals surface area contributed by atoms with Crippen LogP contribution in [0.15, 0.2) is 36.4 Å². The number of nitrogens with zero attached hydrogens (tertiary/aromatic N) is 1. The van der Waals surface area contributed by atoms with Crippen LogP contribution in [0.25, 0.3) is 10.2 Å². The molecule has 3 rings (SSSR count). The van der Waals surface area contributed by atoms with E-state index in [2.05, 4.69) is 9.72 Å². The molecule has 1 aromatic heterocycles. The molecule has 1 amide bonds. The van der Waals surface area contributed by atoms with E-state index in [1.807, 2.05) is 0 Å². The number of aromatic nitrogens is 1. The summed E-state index contributed by atoms with van der Waals surface area (Å²) in [5.41, 5.74) is -12.1. The maximum absolute atomic E-state index is 14.3. The monoisotopic (exact) mass is 643 g/mol. The summed E-state index contributed by atoms with van der Waals surface area (Å²) in [6, 6.07) is 4.10. The number of aliphatic hydroxyl groups is 1. The summed E-state index contributed by atoms with van der Waals surface area (Å²) >= 11 is 11.6. The van der Waals surface area contributed by atoms with E-state index >= 15 is 0 Å². The van der Waals surface area contributed by atoms with Crippen LogP contribution in [-0.4, -0.2) is 53.3 Å². The van der Waals surface area contributed by atoms with Crippen molar-refractivity contribution in [2.75, 3.05) is 12.4 Å². The first-order valence-electron chi connectivity index (χ1n) is 10.2. The summed E-state index contributed by atoms with van der Waals surface area (Å²) in [6.45, 7) is 0. The Balaban J connectivity index is 2.12. The fraction of sp³-hybridized carbons (Fsp3) is 0.286. The first-order valence-corrected chi connectivity index (χ1v) is 11.7. The Bertz CT molecular complexity index is 1450. The zero-order valence-corrected chi connectivity index (χ0v) is 21.5. The third-order valence-electron chi connectivity index (χ3n) is 5.31. The summed E-state index contributed by atoms with van der Waals surface area (Å²) < 4.78 is 126. The number of ether oxygens (including phenoxy) is 1. The van der Waals surface area contributed by atoms with Gasteiger partial charge in [0, 0.05) is 10.6 Å². The molecule has 0 aliphatic carbocycles. The first-order chi connectivity index (χ1) is 18.2. The molecule has 0 radical (unpaired) electrons. The molecule has 0 saturated heterocycles. The van der Waals surface area contributed by atoms with Crippen molar-refractivity contribution >= 4 is 61.8 Å². The number of anilines is 1. The molecule has 3 aromatic rings. The predicted molar refractivity (Wildman–Crippen MR) is 124 cm³/mol. The van der Waals surface area contributed by atoms with Gasteiger partial charge in [-0.2, -0.15) is 39.5 Å². The number of esters is 1. The standard InChI is InChI=1S/C21H12Cl2F9N3O4S/c1-39-15(37)18(21(30,31)32,34-14(36)10-4-3-9(22)7-11(10)23)35-16-33-12-5-2-8(6-13(12)40-16)17(38,19(24,25)26)20(27,28)29/h2-7,38H,1H3,(H,33,35)(H,34,36). The Morgan fingerprint density at radius 2 is 1.52 bits per heavy atom. The van der Waals surface area contributed by atoms with E-state index < -0.39 is 73.2 Å². The van der Waals surface area contributed by atoms with E-state index in [0.29, 0.717) is 13.2 Å². The fourth-order valence-electron chi connectivity index (χ4n) is 3.31. The molecule has 1 atom stereocenters. The molecule has 3 N–H and O–H groups in total. The van der Waals surface area contributed by atoms with Gasteiger partial charge in [-0.25, -0.2) is 9.78 Å². The van der Waals surface area contributed by atoms with Gasteiger partial charge >= 0.3 is 30.2 Å². The number of nitrogens with one attached hydrogen (secondary N) is 2. The Morgan fingerprint density at radius 1 is 0.925 bits per heavy atom. The topological polar surface area (TPSA) is 101 Å². The van der Waals surface area contributed by atoms with Gasteiger partial charge in [0.15, 0.2) is 5.13 Å². The fourth-order valence-corrected chi connectivity index (χ4v) is 4.76. The van der Waals surface area contributed by atoms with E-state index in [4.69, 9.17) is 23.2 Å². The third kappa shape index (κ3) is 5.46. The lowest BCUT2D eigenvalue weighted by atomic mass is 9.92. The molecule has 7 nitrogen and oxygen atoms in total. The minimum absolute atomic E-state index is 0.0199. The minimum Gasteiger partial charge on any atom is -0.466 e. The number of fused-ring (bicyclic) bond motifs is 1. The molecular weight excluding hydrogens is 632 g/mol. The summed E-state index contributed by atoms with van der Waals surface area (Å²) in [7, 11) is 0.547. The van der Waals surface area contributed by atoms with Gasteiger partial charge in [0.25, 0.3) is 11.5 Å². The molecule has 1 heterocycles.